The van der Waals surface area contributed by atoms with Crippen molar-refractivity contribution in [2.75, 3.05) is 37.7 Å². The maximum Gasteiger partial charge on any atom is 0.229 e. The number of rotatable bonds is 7. The number of ether oxygens (including phenoxy) is 1. The van der Waals surface area contributed by atoms with E-state index >= 15 is 0 Å². The number of benzene rings is 1. The number of piperidine rings is 1. The number of aromatic nitrogens is 1. The summed E-state index contributed by atoms with van der Waals surface area (Å²) in [4.78, 5) is 21.0. The highest BCUT2D eigenvalue weighted by Gasteiger charge is 2.26. The number of carbonyl (C=O) groups is 1. The van der Waals surface area contributed by atoms with Gasteiger partial charge in [0.25, 0.3) is 0 Å². The smallest absolute Gasteiger partial charge is 0.229 e. The minimum Gasteiger partial charge on any atom is -0.477 e. The van der Waals surface area contributed by atoms with Gasteiger partial charge in [0.2, 0.25) is 11.8 Å². The fourth-order valence-electron chi connectivity index (χ4n) is 4.69. The van der Waals surface area contributed by atoms with Gasteiger partial charge in [-0.05, 0) is 68.0 Å². The number of β-amino-alcohol motifs (C(OH)–C–C–N with tert-alkyl or cyclic N) is 1. The SMILES string of the molecule is CC(C)C(=O)N1CCCc2cc([C@H](O)CN3CCC(COc4ccccn4)CC3)ccc21. The number of carbonyl (C=O) groups excluding carboxylic acids is 1. The Hall–Kier alpha value is -2.44. The lowest BCUT2D eigenvalue weighted by Crippen LogP contribution is -2.38. The van der Waals surface area contributed by atoms with Crippen molar-refractivity contribution >= 4 is 11.6 Å². The van der Waals surface area contributed by atoms with E-state index in [1.165, 1.54) is 5.56 Å². The number of pyridine rings is 1. The molecule has 4 rings (SSSR count). The molecule has 0 saturated carbocycles. The first-order valence-electron chi connectivity index (χ1n) is 11.9. The van der Waals surface area contributed by atoms with E-state index in [4.69, 9.17) is 4.74 Å². The van der Waals surface area contributed by atoms with Crippen molar-refractivity contribution < 1.29 is 14.6 Å². The molecular weight excluding hydrogens is 402 g/mol. The van der Waals surface area contributed by atoms with Crippen molar-refractivity contribution in [1.82, 2.24) is 9.88 Å². The Labute approximate surface area is 191 Å². The van der Waals surface area contributed by atoms with Crippen LogP contribution < -0.4 is 9.64 Å². The summed E-state index contributed by atoms with van der Waals surface area (Å²) in [5, 5.41) is 10.9. The van der Waals surface area contributed by atoms with Gasteiger partial charge in [-0.25, -0.2) is 4.98 Å². The lowest BCUT2D eigenvalue weighted by atomic mass is 9.95. The summed E-state index contributed by atoms with van der Waals surface area (Å²) in [6.45, 7) is 7.95. The topological polar surface area (TPSA) is 65.9 Å². The molecule has 1 saturated heterocycles. The minimum atomic E-state index is -0.516. The molecule has 6 heteroatoms. The van der Waals surface area contributed by atoms with Gasteiger partial charge >= 0.3 is 0 Å². The van der Waals surface area contributed by atoms with Crippen LogP contribution in [0.15, 0.2) is 42.6 Å². The Bertz CT molecular complexity index is 894. The average molecular weight is 438 g/mol. The van der Waals surface area contributed by atoms with Crippen molar-refractivity contribution in [2.45, 2.75) is 45.6 Å². The number of nitrogens with zero attached hydrogens (tertiary/aromatic N) is 3. The number of anilines is 1. The van der Waals surface area contributed by atoms with E-state index in [2.05, 4.69) is 16.0 Å². The molecule has 0 radical (unpaired) electrons. The summed E-state index contributed by atoms with van der Waals surface area (Å²) >= 11 is 0. The average Bonchev–Trinajstić information content (AvgIpc) is 2.83. The summed E-state index contributed by atoms with van der Waals surface area (Å²) in [6, 6.07) is 11.8. The van der Waals surface area contributed by atoms with E-state index in [1.54, 1.807) is 6.20 Å². The predicted molar refractivity (Wildman–Crippen MR) is 126 cm³/mol. The Kier molecular flexibility index (Phi) is 7.43. The largest absolute Gasteiger partial charge is 0.477 e. The van der Waals surface area contributed by atoms with Crippen LogP contribution in [0.3, 0.4) is 0 Å². The van der Waals surface area contributed by atoms with Crippen molar-refractivity contribution in [3.05, 3.63) is 53.7 Å². The lowest BCUT2D eigenvalue weighted by molar-refractivity contribution is -0.121. The standard InChI is InChI=1S/C26H35N3O3/c1-19(2)26(31)29-13-5-6-21-16-22(8-9-23(21)29)24(30)17-28-14-10-20(11-15-28)18-32-25-7-3-4-12-27-25/h3-4,7-9,12,16,19-20,24,30H,5-6,10-11,13-15,17-18H2,1-2H3/t24-/m1/s1. The van der Waals surface area contributed by atoms with Crippen LogP contribution in [-0.4, -0.2) is 53.7 Å². The molecule has 1 atom stereocenters. The van der Waals surface area contributed by atoms with Crippen LogP contribution in [0.2, 0.25) is 0 Å². The third-order valence-electron chi connectivity index (χ3n) is 6.61. The Morgan fingerprint density at radius 1 is 1.19 bits per heavy atom. The van der Waals surface area contributed by atoms with Gasteiger partial charge in [-0.15, -0.1) is 0 Å². The molecule has 2 aliphatic rings. The lowest BCUT2D eigenvalue weighted by Gasteiger charge is -2.34. The Morgan fingerprint density at radius 2 is 2.00 bits per heavy atom. The summed E-state index contributed by atoms with van der Waals surface area (Å²) < 4.78 is 5.82. The molecule has 6 nitrogen and oxygen atoms in total. The van der Waals surface area contributed by atoms with Gasteiger partial charge in [0.15, 0.2) is 0 Å². The molecule has 0 aliphatic carbocycles. The monoisotopic (exact) mass is 437 g/mol. The van der Waals surface area contributed by atoms with Gasteiger partial charge in [0, 0.05) is 37.0 Å². The number of hydrogen-bond donors (Lipinski definition) is 1. The molecule has 1 aromatic carbocycles. The molecule has 0 unspecified atom stereocenters. The highest BCUT2D eigenvalue weighted by atomic mass is 16.5. The van der Waals surface area contributed by atoms with Crippen LogP contribution in [0, 0.1) is 11.8 Å². The first-order chi connectivity index (χ1) is 15.5. The van der Waals surface area contributed by atoms with Gasteiger partial charge < -0.3 is 19.6 Å². The third kappa shape index (κ3) is 5.48. The fraction of sp³-hybridized carbons (Fsp3) is 0.538. The number of aliphatic hydroxyl groups is 1. The second-order valence-corrected chi connectivity index (χ2v) is 9.38. The molecule has 1 fully saturated rings. The van der Waals surface area contributed by atoms with E-state index in [1.807, 2.05) is 49.1 Å². The molecule has 0 spiro atoms. The second kappa shape index (κ2) is 10.5. The highest BCUT2D eigenvalue weighted by Crippen LogP contribution is 2.31. The summed E-state index contributed by atoms with van der Waals surface area (Å²) in [5.41, 5.74) is 3.13. The summed E-state index contributed by atoms with van der Waals surface area (Å²) in [6.07, 6.45) is 5.29. The van der Waals surface area contributed by atoms with E-state index < -0.39 is 6.10 Å². The van der Waals surface area contributed by atoms with Gasteiger partial charge in [-0.1, -0.05) is 32.0 Å². The number of likely N-dealkylation sites (tertiary alicyclic amines) is 1. The van der Waals surface area contributed by atoms with Gasteiger partial charge in [-0.2, -0.15) is 0 Å². The van der Waals surface area contributed by atoms with Crippen LogP contribution in [0.5, 0.6) is 5.88 Å². The van der Waals surface area contributed by atoms with E-state index in [9.17, 15) is 9.90 Å². The zero-order valence-corrected chi connectivity index (χ0v) is 19.2. The molecule has 32 heavy (non-hydrogen) atoms. The maximum absolute atomic E-state index is 12.6. The van der Waals surface area contributed by atoms with Crippen molar-refractivity contribution in [3.63, 3.8) is 0 Å². The first kappa shape index (κ1) is 22.7. The molecule has 172 valence electrons. The van der Waals surface area contributed by atoms with E-state index in [0.29, 0.717) is 24.9 Å². The molecule has 0 bridgehead atoms. The Morgan fingerprint density at radius 3 is 2.72 bits per heavy atom. The zero-order valence-electron chi connectivity index (χ0n) is 19.2. The molecule has 1 amide bonds. The first-order valence-corrected chi connectivity index (χ1v) is 11.9. The quantitative estimate of drug-likeness (QED) is 0.713. The predicted octanol–water partition coefficient (Wildman–Crippen LogP) is 3.84. The second-order valence-electron chi connectivity index (χ2n) is 9.38. The number of fused-ring (bicyclic) bond motifs is 1. The number of hydrogen-bond acceptors (Lipinski definition) is 5. The molecule has 2 aromatic rings. The molecule has 1 N–H and O–H groups in total. The third-order valence-corrected chi connectivity index (χ3v) is 6.61. The number of aryl methyl sites for hydroxylation is 1. The normalized spacial score (nSPS) is 18.4. The number of amides is 1. The Balaban J connectivity index is 1.29. The van der Waals surface area contributed by atoms with Crippen LogP contribution in [0.1, 0.15) is 50.3 Å². The van der Waals surface area contributed by atoms with Crippen molar-refractivity contribution in [1.29, 1.82) is 0 Å². The van der Waals surface area contributed by atoms with Gasteiger partial charge in [0.05, 0.1) is 12.7 Å². The van der Waals surface area contributed by atoms with Crippen molar-refractivity contribution in [2.24, 2.45) is 11.8 Å². The zero-order chi connectivity index (χ0) is 22.5. The molecule has 1 aromatic heterocycles. The highest BCUT2D eigenvalue weighted by molar-refractivity contribution is 5.95. The number of aliphatic hydroxyl groups excluding tert-OH is 1. The van der Waals surface area contributed by atoms with Crippen LogP contribution in [-0.2, 0) is 11.2 Å². The van der Waals surface area contributed by atoms with E-state index in [-0.39, 0.29) is 11.8 Å². The van der Waals surface area contributed by atoms with Crippen LogP contribution in [0.4, 0.5) is 5.69 Å². The van der Waals surface area contributed by atoms with E-state index in [0.717, 1.165) is 56.6 Å². The fourth-order valence-corrected chi connectivity index (χ4v) is 4.69. The minimum absolute atomic E-state index is 0.0106. The van der Waals surface area contributed by atoms with Crippen molar-refractivity contribution in [3.8, 4) is 5.88 Å². The molecule has 3 heterocycles. The maximum atomic E-state index is 12.6. The summed E-state index contributed by atoms with van der Waals surface area (Å²) in [7, 11) is 0. The molecular formula is C26H35N3O3. The van der Waals surface area contributed by atoms with Crippen LogP contribution in [0.25, 0.3) is 0 Å². The van der Waals surface area contributed by atoms with Gasteiger partial charge in [-0.3, -0.25) is 4.79 Å². The molecule has 2 aliphatic heterocycles. The van der Waals surface area contributed by atoms with Crippen LogP contribution >= 0.6 is 0 Å². The summed E-state index contributed by atoms with van der Waals surface area (Å²) in [5.74, 6) is 1.38. The van der Waals surface area contributed by atoms with Gasteiger partial charge in [0.1, 0.15) is 0 Å².